The fourth-order valence-electron chi connectivity index (χ4n) is 5.20. The molecule has 0 radical (unpaired) electrons. The molecule has 0 aliphatic carbocycles. The Labute approximate surface area is 281 Å². The number of aryl methyl sites for hydroxylation is 1. The van der Waals surface area contributed by atoms with Gasteiger partial charge in [-0.1, -0.05) is 47.7 Å². The normalized spacial score (nSPS) is 14.1. The molecule has 0 fully saturated rings. The molecule has 1 N–H and O–H groups in total. The van der Waals surface area contributed by atoms with Gasteiger partial charge in [-0.15, -0.1) is 21.5 Å². The van der Waals surface area contributed by atoms with Crippen molar-refractivity contribution in [1.29, 1.82) is 0 Å². The van der Waals surface area contributed by atoms with E-state index in [1.807, 2.05) is 60.2 Å². The number of carbonyl (C=O) groups excluding carboxylic acids is 2. The number of ether oxygens (including phenoxy) is 2. The molecule has 0 unspecified atom stereocenters. The summed E-state index contributed by atoms with van der Waals surface area (Å²) >= 11 is 2.90. The topological polar surface area (TPSA) is 111 Å². The van der Waals surface area contributed by atoms with Crippen LogP contribution >= 0.6 is 23.1 Å². The van der Waals surface area contributed by atoms with Crippen LogP contribution in [0.1, 0.15) is 51.6 Å². The van der Waals surface area contributed by atoms with E-state index >= 15 is 0 Å². The molecule has 240 valence electrons. The first-order valence-electron chi connectivity index (χ1n) is 15.2. The van der Waals surface area contributed by atoms with E-state index in [1.54, 1.807) is 47.7 Å². The number of hydrazone groups is 1. The van der Waals surface area contributed by atoms with Crippen LogP contribution in [0.15, 0.2) is 101 Å². The molecule has 0 saturated heterocycles. The molecule has 0 bridgehead atoms. The molecular weight excluding hydrogens is 633 g/mol. The highest BCUT2D eigenvalue weighted by molar-refractivity contribution is 7.99. The minimum absolute atomic E-state index is 0.0942. The molecule has 0 spiro atoms. The van der Waals surface area contributed by atoms with Crippen LogP contribution in [-0.4, -0.2) is 56.8 Å². The van der Waals surface area contributed by atoms with Crippen LogP contribution in [0.2, 0.25) is 0 Å². The minimum atomic E-state index is -0.256. The number of aromatic nitrogens is 3. The lowest BCUT2D eigenvalue weighted by molar-refractivity contribution is -0.130. The van der Waals surface area contributed by atoms with E-state index in [1.165, 1.54) is 11.8 Å². The van der Waals surface area contributed by atoms with Gasteiger partial charge in [0, 0.05) is 17.7 Å². The molecular formula is C35H34N6O4S2. The summed E-state index contributed by atoms with van der Waals surface area (Å²) in [4.78, 5) is 27.8. The van der Waals surface area contributed by atoms with Gasteiger partial charge in [-0.25, -0.2) is 5.01 Å². The van der Waals surface area contributed by atoms with Crippen LogP contribution < -0.4 is 14.8 Å². The summed E-state index contributed by atoms with van der Waals surface area (Å²) in [5.41, 5.74) is 4.37. The van der Waals surface area contributed by atoms with Gasteiger partial charge in [-0.05, 0) is 79.4 Å². The lowest BCUT2D eigenvalue weighted by atomic mass is 10.00. The maximum Gasteiger partial charge on any atom is 0.253 e. The van der Waals surface area contributed by atoms with Crippen molar-refractivity contribution in [3.8, 4) is 17.2 Å². The lowest BCUT2D eigenvalue weighted by Gasteiger charge is -2.22. The number of hydrogen-bond donors (Lipinski definition) is 1. The molecule has 3 heterocycles. The Morgan fingerprint density at radius 1 is 0.979 bits per heavy atom. The molecule has 2 amide bonds. The molecule has 10 nitrogen and oxygen atoms in total. The van der Waals surface area contributed by atoms with Crippen LogP contribution in [0.25, 0.3) is 5.69 Å². The summed E-state index contributed by atoms with van der Waals surface area (Å²) in [6.45, 7) is 4.65. The van der Waals surface area contributed by atoms with Crippen molar-refractivity contribution < 1.29 is 19.1 Å². The maximum absolute atomic E-state index is 13.8. The van der Waals surface area contributed by atoms with E-state index in [-0.39, 0.29) is 30.2 Å². The minimum Gasteiger partial charge on any atom is -0.497 e. The molecule has 12 heteroatoms. The van der Waals surface area contributed by atoms with Gasteiger partial charge in [0.25, 0.3) is 11.8 Å². The Balaban J connectivity index is 1.23. The van der Waals surface area contributed by atoms with Gasteiger partial charge >= 0.3 is 0 Å². The fraction of sp³-hybridized carbons (Fsp3) is 0.229. The predicted molar refractivity (Wildman–Crippen MR) is 184 cm³/mol. The Bertz CT molecular complexity index is 1850. The second-order valence-electron chi connectivity index (χ2n) is 10.8. The highest BCUT2D eigenvalue weighted by atomic mass is 32.2. The smallest absolute Gasteiger partial charge is 0.253 e. The second-order valence-corrected chi connectivity index (χ2v) is 12.6. The zero-order valence-electron chi connectivity index (χ0n) is 26.3. The lowest BCUT2D eigenvalue weighted by Crippen LogP contribution is -2.28. The third-order valence-corrected chi connectivity index (χ3v) is 9.46. The number of nitrogens with one attached hydrogen (secondary N) is 1. The van der Waals surface area contributed by atoms with Crippen LogP contribution in [-0.2, 0) is 11.3 Å². The summed E-state index contributed by atoms with van der Waals surface area (Å²) < 4.78 is 12.7. The third-order valence-electron chi connectivity index (χ3n) is 7.62. The number of thioether (sulfide) groups is 1. The van der Waals surface area contributed by atoms with Crippen LogP contribution in [0.4, 0.5) is 0 Å². The summed E-state index contributed by atoms with van der Waals surface area (Å²) in [6, 6.07) is 26.5. The summed E-state index contributed by atoms with van der Waals surface area (Å²) in [6.07, 6.45) is 0.639. The standard InChI is InChI=1S/C35H34N6O4S2/c1-4-45-28-17-13-26(14-18-28)40-32(21-36-34(43)25-11-15-27(44-3)16-12-25)37-38-35(40)47-22-33(42)41-30(24-9-7-23(2)8-10-24)20-29(39-41)31-6-5-19-46-31/h5-19,30H,4,20-22H2,1-3H3,(H,36,43)/t30-/m0/s1. The number of methoxy groups -OCH3 is 1. The van der Waals surface area contributed by atoms with E-state index in [0.29, 0.717) is 35.3 Å². The van der Waals surface area contributed by atoms with E-state index in [4.69, 9.17) is 14.6 Å². The van der Waals surface area contributed by atoms with Crippen LogP contribution in [0.3, 0.4) is 0 Å². The molecule has 5 aromatic rings. The molecule has 6 rings (SSSR count). The van der Waals surface area contributed by atoms with Gasteiger partial charge in [0.2, 0.25) is 0 Å². The van der Waals surface area contributed by atoms with Crippen molar-refractivity contribution in [2.75, 3.05) is 19.5 Å². The fourth-order valence-corrected chi connectivity index (χ4v) is 6.75. The second kappa shape index (κ2) is 14.7. The van der Waals surface area contributed by atoms with E-state index in [9.17, 15) is 9.59 Å². The first kappa shape index (κ1) is 32.0. The SMILES string of the molecule is CCOc1ccc(-n2c(CNC(=O)c3ccc(OC)cc3)nnc2SCC(=O)N2N=C(c3cccs3)C[C@H]2c2ccc(C)cc2)cc1. The van der Waals surface area contributed by atoms with Gasteiger partial charge in [-0.3, -0.25) is 14.2 Å². The first-order chi connectivity index (χ1) is 22.9. The van der Waals surface area contributed by atoms with Crippen molar-refractivity contribution in [3.63, 3.8) is 0 Å². The quantitative estimate of drug-likeness (QED) is 0.153. The van der Waals surface area contributed by atoms with Crippen molar-refractivity contribution >= 4 is 40.6 Å². The molecule has 2 aromatic heterocycles. The molecule has 1 aliphatic heterocycles. The summed E-state index contributed by atoms with van der Waals surface area (Å²) in [7, 11) is 1.58. The molecule has 47 heavy (non-hydrogen) atoms. The Morgan fingerprint density at radius 2 is 1.72 bits per heavy atom. The monoisotopic (exact) mass is 666 g/mol. The third kappa shape index (κ3) is 7.39. The van der Waals surface area contributed by atoms with Gasteiger partial charge in [-0.2, -0.15) is 5.10 Å². The predicted octanol–water partition coefficient (Wildman–Crippen LogP) is 6.44. The van der Waals surface area contributed by atoms with Crippen molar-refractivity contribution in [1.82, 2.24) is 25.1 Å². The Morgan fingerprint density at radius 3 is 2.40 bits per heavy atom. The van der Waals surface area contributed by atoms with E-state index in [0.717, 1.165) is 33.2 Å². The number of benzene rings is 3. The van der Waals surface area contributed by atoms with Gasteiger partial charge in [0.15, 0.2) is 11.0 Å². The number of carbonyl (C=O) groups is 2. The van der Waals surface area contributed by atoms with E-state index < -0.39 is 0 Å². The molecule has 3 aromatic carbocycles. The van der Waals surface area contributed by atoms with E-state index in [2.05, 4.69) is 39.8 Å². The number of rotatable bonds is 12. The molecule has 0 saturated carbocycles. The number of thiophene rings is 1. The van der Waals surface area contributed by atoms with Crippen molar-refractivity contribution in [3.05, 3.63) is 118 Å². The van der Waals surface area contributed by atoms with Gasteiger partial charge in [0.1, 0.15) is 11.5 Å². The van der Waals surface area contributed by atoms with Crippen molar-refractivity contribution in [2.45, 2.75) is 38.0 Å². The van der Waals surface area contributed by atoms with Crippen molar-refractivity contribution in [2.24, 2.45) is 5.10 Å². The molecule has 1 aliphatic rings. The molecule has 1 atom stereocenters. The van der Waals surface area contributed by atoms with Gasteiger partial charge < -0.3 is 14.8 Å². The number of amides is 2. The highest BCUT2D eigenvalue weighted by Crippen LogP contribution is 2.35. The van der Waals surface area contributed by atoms with Crippen LogP contribution in [0.5, 0.6) is 11.5 Å². The summed E-state index contributed by atoms with van der Waals surface area (Å²) in [5, 5.41) is 20.7. The Kier molecular flexibility index (Phi) is 9.98. The highest BCUT2D eigenvalue weighted by Gasteiger charge is 2.33. The average molecular weight is 667 g/mol. The zero-order chi connectivity index (χ0) is 32.8. The maximum atomic E-state index is 13.8. The first-order valence-corrected chi connectivity index (χ1v) is 17.0. The number of hydrogen-bond acceptors (Lipinski definition) is 9. The zero-order valence-corrected chi connectivity index (χ0v) is 27.9. The average Bonchev–Trinajstić information content (AvgIpc) is 3.88. The number of nitrogens with zero attached hydrogens (tertiary/aromatic N) is 5. The Hall–Kier alpha value is -4.94. The largest absolute Gasteiger partial charge is 0.497 e. The summed E-state index contributed by atoms with van der Waals surface area (Å²) in [5.74, 6) is 1.62. The van der Waals surface area contributed by atoms with Crippen LogP contribution in [0, 0.1) is 6.92 Å². The van der Waals surface area contributed by atoms with Gasteiger partial charge in [0.05, 0.1) is 42.6 Å².